The Labute approximate surface area is 119 Å². The summed E-state index contributed by atoms with van der Waals surface area (Å²) in [5.74, 6) is 1.13. The number of rotatable bonds is 7. The van der Waals surface area contributed by atoms with Crippen LogP contribution in [0.25, 0.3) is 0 Å². The number of hydrogen-bond donors (Lipinski definition) is 1. The van der Waals surface area contributed by atoms with Crippen molar-refractivity contribution in [3.63, 3.8) is 0 Å². The fourth-order valence-corrected chi connectivity index (χ4v) is 2.16. The molecule has 0 aliphatic carbocycles. The van der Waals surface area contributed by atoms with Crippen LogP contribution in [0.15, 0.2) is 12.3 Å². The fourth-order valence-electron chi connectivity index (χ4n) is 1.99. The number of nitrogens with one attached hydrogen (secondary N) is 1. The van der Waals surface area contributed by atoms with E-state index in [0.717, 1.165) is 44.7 Å². The molecule has 106 valence electrons. The Morgan fingerprint density at radius 2 is 2.47 bits per heavy atom. The summed E-state index contributed by atoms with van der Waals surface area (Å²) in [5, 5.41) is 4.01. The van der Waals surface area contributed by atoms with E-state index in [0.29, 0.717) is 23.4 Å². The molecule has 1 unspecified atom stereocenters. The summed E-state index contributed by atoms with van der Waals surface area (Å²) < 4.78 is 11.0. The lowest BCUT2D eigenvalue weighted by atomic mass is 10.1. The molecule has 1 N–H and O–H groups in total. The molecular formula is C14H21ClN2O2. The van der Waals surface area contributed by atoms with Crippen molar-refractivity contribution in [3.8, 4) is 5.88 Å². The molecule has 4 nitrogen and oxygen atoms in total. The lowest BCUT2D eigenvalue weighted by Gasteiger charge is -2.11. The van der Waals surface area contributed by atoms with Crippen molar-refractivity contribution < 1.29 is 9.47 Å². The molecule has 2 rings (SSSR count). The second-order valence-corrected chi connectivity index (χ2v) is 5.24. The highest BCUT2D eigenvalue weighted by atomic mass is 35.5. The Morgan fingerprint density at radius 1 is 1.58 bits per heavy atom. The summed E-state index contributed by atoms with van der Waals surface area (Å²) in [6, 6.07) is 1.92. The molecule has 0 radical (unpaired) electrons. The van der Waals surface area contributed by atoms with Gasteiger partial charge in [0.2, 0.25) is 5.88 Å². The standard InChI is InChI=1S/C14H21ClN2O2/c1-2-4-16-7-12-6-14(17-8-13(12)15)19-10-11-3-5-18-9-11/h6,8,11,16H,2-5,7,9-10H2,1H3. The summed E-state index contributed by atoms with van der Waals surface area (Å²) in [4.78, 5) is 4.21. The highest BCUT2D eigenvalue weighted by Gasteiger charge is 2.16. The number of nitrogens with zero attached hydrogens (tertiary/aromatic N) is 1. The van der Waals surface area contributed by atoms with Crippen LogP contribution in [0, 0.1) is 5.92 Å². The van der Waals surface area contributed by atoms with Gasteiger partial charge in [0.05, 0.1) is 18.2 Å². The molecule has 19 heavy (non-hydrogen) atoms. The van der Waals surface area contributed by atoms with E-state index in [4.69, 9.17) is 21.1 Å². The van der Waals surface area contributed by atoms with Gasteiger partial charge in [-0.05, 0) is 24.9 Å². The molecule has 1 aromatic heterocycles. The predicted octanol–water partition coefficient (Wildman–Crippen LogP) is 2.65. The molecule has 0 aromatic carbocycles. The average molecular weight is 285 g/mol. The molecule has 5 heteroatoms. The van der Waals surface area contributed by atoms with Crippen molar-refractivity contribution in [2.45, 2.75) is 26.3 Å². The molecule has 0 saturated carbocycles. The van der Waals surface area contributed by atoms with Crippen LogP contribution in [-0.4, -0.2) is 31.3 Å². The van der Waals surface area contributed by atoms with Crippen LogP contribution in [0.2, 0.25) is 5.02 Å². The van der Waals surface area contributed by atoms with E-state index in [-0.39, 0.29) is 0 Å². The van der Waals surface area contributed by atoms with Crippen LogP contribution >= 0.6 is 11.6 Å². The third kappa shape index (κ3) is 4.64. The minimum absolute atomic E-state index is 0.485. The lowest BCUT2D eigenvalue weighted by molar-refractivity contribution is 0.165. The van der Waals surface area contributed by atoms with Gasteiger partial charge in [-0.2, -0.15) is 0 Å². The molecular weight excluding hydrogens is 264 g/mol. The van der Waals surface area contributed by atoms with Crippen molar-refractivity contribution in [2.75, 3.05) is 26.4 Å². The zero-order valence-corrected chi connectivity index (χ0v) is 12.1. The molecule has 0 spiro atoms. The van der Waals surface area contributed by atoms with E-state index < -0.39 is 0 Å². The number of halogens is 1. The first-order valence-electron chi connectivity index (χ1n) is 6.85. The monoisotopic (exact) mass is 284 g/mol. The Bertz CT molecular complexity index is 395. The van der Waals surface area contributed by atoms with Gasteiger partial charge in [-0.15, -0.1) is 0 Å². The maximum absolute atomic E-state index is 6.12. The van der Waals surface area contributed by atoms with E-state index in [1.165, 1.54) is 0 Å². The zero-order chi connectivity index (χ0) is 13.5. The van der Waals surface area contributed by atoms with Crippen molar-refractivity contribution in [1.82, 2.24) is 10.3 Å². The van der Waals surface area contributed by atoms with Crippen LogP contribution in [0.5, 0.6) is 5.88 Å². The predicted molar refractivity (Wildman–Crippen MR) is 75.7 cm³/mol. The van der Waals surface area contributed by atoms with E-state index >= 15 is 0 Å². The van der Waals surface area contributed by atoms with Crippen LogP contribution in [0.1, 0.15) is 25.3 Å². The smallest absolute Gasteiger partial charge is 0.213 e. The summed E-state index contributed by atoms with van der Waals surface area (Å²) >= 11 is 6.12. The molecule has 1 aliphatic heterocycles. The molecule has 2 heterocycles. The molecule has 1 atom stereocenters. The van der Waals surface area contributed by atoms with Gasteiger partial charge in [-0.25, -0.2) is 4.98 Å². The van der Waals surface area contributed by atoms with Gasteiger partial charge in [0.1, 0.15) is 0 Å². The molecule has 1 fully saturated rings. The van der Waals surface area contributed by atoms with Crippen LogP contribution in [0.3, 0.4) is 0 Å². The Hall–Kier alpha value is -0.840. The van der Waals surface area contributed by atoms with Gasteiger partial charge in [0, 0.05) is 31.3 Å². The topological polar surface area (TPSA) is 43.4 Å². The fraction of sp³-hybridized carbons (Fsp3) is 0.643. The van der Waals surface area contributed by atoms with Crippen molar-refractivity contribution >= 4 is 11.6 Å². The summed E-state index contributed by atoms with van der Waals surface area (Å²) in [6.07, 6.45) is 3.83. The first-order valence-corrected chi connectivity index (χ1v) is 7.23. The molecule has 1 saturated heterocycles. The number of aromatic nitrogens is 1. The zero-order valence-electron chi connectivity index (χ0n) is 11.3. The highest BCUT2D eigenvalue weighted by molar-refractivity contribution is 6.31. The Balaban J connectivity index is 1.87. The first-order chi connectivity index (χ1) is 9.29. The highest BCUT2D eigenvalue weighted by Crippen LogP contribution is 2.20. The first kappa shape index (κ1) is 14.6. The molecule has 0 amide bonds. The summed E-state index contributed by atoms with van der Waals surface area (Å²) in [7, 11) is 0. The van der Waals surface area contributed by atoms with Gasteiger partial charge < -0.3 is 14.8 Å². The maximum Gasteiger partial charge on any atom is 0.213 e. The lowest BCUT2D eigenvalue weighted by Crippen LogP contribution is -2.15. The second-order valence-electron chi connectivity index (χ2n) is 4.83. The minimum atomic E-state index is 0.485. The minimum Gasteiger partial charge on any atom is -0.477 e. The molecule has 1 aromatic rings. The number of hydrogen-bond acceptors (Lipinski definition) is 4. The Morgan fingerprint density at radius 3 is 3.21 bits per heavy atom. The molecule has 0 bridgehead atoms. The average Bonchev–Trinajstić information content (AvgIpc) is 2.93. The van der Waals surface area contributed by atoms with Gasteiger partial charge in [0.15, 0.2) is 0 Å². The number of pyridine rings is 1. The summed E-state index contributed by atoms with van der Waals surface area (Å²) in [5.41, 5.74) is 1.03. The van der Waals surface area contributed by atoms with E-state index in [2.05, 4.69) is 17.2 Å². The maximum atomic E-state index is 6.12. The van der Waals surface area contributed by atoms with Crippen molar-refractivity contribution in [2.24, 2.45) is 5.92 Å². The normalized spacial score (nSPS) is 18.7. The van der Waals surface area contributed by atoms with Gasteiger partial charge in [0.25, 0.3) is 0 Å². The largest absolute Gasteiger partial charge is 0.477 e. The SMILES string of the molecule is CCCNCc1cc(OCC2CCOC2)ncc1Cl. The van der Waals surface area contributed by atoms with Crippen LogP contribution in [0.4, 0.5) is 0 Å². The third-order valence-corrected chi connectivity index (χ3v) is 3.48. The summed E-state index contributed by atoms with van der Waals surface area (Å²) in [6.45, 7) is 6.16. The second kappa shape index (κ2) is 7.68. The van der Waals surface area contributed by atoms with Gasteiger partial charge >= 0.3 is 0 Å². The van der Waals surface area contributed by atoms with Crippen LogP contribution in [-0.2, 0) is 11.3 Å². The van der Waals surface area contributed by atoms with E-state index in [9.17, 15) is 0 Å². The van der Waals surface area contributed by atoms with E-state index in [1.807, 2.05) is 6.07 Å². The number of ether oxygens (including phenoxy) is 2. The quantitative estimate of drug-likeness (QED) is 0.782. The van der Waals surface area contributed by atoms with Gasteiger partial charge in [-0.1, -0.05) is 18.5 Å². The van der Waals surface area contributed by atoms with Crippen molar-refractivity contribution in [1.29, 1.82) is 0 Å². The van der Waals surface area contributed by atoms with Crippen LogP contribution < -0.4 is 10.1 Å². The van der Waals surface area contributed by atoms with E-state index in [1.54, 1.807) is 6.20 Å². The Kier molecular flexibility index (Phi) is 5.89. The van der Waals surface area contributed by atoms with Crippen molar-refractivity contribution in [3.05, 3.63) is 22.8 Å². The van der Waals surface area contributed by atoms with Gasteiger partial charge in [-0.3, -0.25) is 0 Å². The third-order valence-electron chi connectivity index (χ3n) is 3.14. The molecule has 1 aliphatic rings.